The first kappa shape index (κ1) is 60.3. The Kier molecular flexibility index (Phi) is 16.0. The summed E-state index contributed by atoms with van der Waals surface area (Å²) in [5, 5.41) is 123. The van der Waals surface area contributed by atoms with Gasteiger partial charge in [-0.3, -0.25) is 0 Å². The van der Waals surface area contributed by atoms with E-state index in [0.29, 0.717) is 109 Å². The Bertz CT molecular complexity index is 3420. The molecule has 0 spiro atoms. The predicted octanol–water partition coefficient (Wildman–Crippen LogP) is 7.33. The van der Waals surface area contributed by atoms with Crippen molar-refractivity contribution in [3.05, 3.63) is 176 Å². The molecule has 0 saturated carbocycles. The molecule has 0 fully saturated rings. The summed E-state index contributed by atoms with van der Waals surface area (Å²) in [5.41, 5.74) is -12.1. The van der Waals surface area contributed by atoms with Crippen molar-refractivity contribution >= 4 is 95.3 Å². The predicted molar refractivity (Wildman–Crippen MR) is 275 cm³/mol. The van der Waals surface area contributed by atoms with E-state index in [9.17, 15) is 119 Å². The van der Waals surface area contributed by atoms with Gasteiger partial charge in [0.15, 0.2) is 0 Å². The van der Waals surface area contributed by atoms with Crippen molar-refractivity contribution in [3.8, 4) is 34.5 Å². The number of hydrogen-bond acceptors (Lipinski definition) is 21. The molecule has 0 aromatic heterocycles. The van der Waals surface area contributed by atoms with E-state index >= 15 is 0 Å². The van der Waals surface area contributed by atoms with Gasteiger partial charge in [0.05, 0.1) is 0 Å². The Morgan fingerprint density at radius 1 is 0.274 bits per heavy atom. The molecule has 0 atom stereocenters. The molecule has 0 unspecified atom stereocenters. The maximum atomic E-state index is 12.7. The number of carboxylic acid groups (broad SMARTS) is 12. The van der Waals surface area contributed by atoms with Crippen LogP contribution in [0.2, 0.25) is 0 Å². The molecular weight excluding hydrogens is 1190 g/mol. The Balaban J connectivity index is 1.81. The van der Waals surface area contributed by atoms with Gasteiger partial charge in [-0.15, -0.1) is 0 Å². The average molecular weight is 1220 g/mol. The summed E-state index contributed by atoms with van der Waals surface area (Å²) in [6.07, 6.45) is 0. The third kappa shape index (κ3) is 13.0. The van der Waals surface area contributed by atoms with E-state index in [2.05, 4.69) is 14.2 Å². The van der Waals surface area contributed by atoms with Crippen LogP contribution in [0.5, 0.6) is 34.5 Å². The van der Waals surface area contributed by atoms with Crippen LogP contribution in [0.4, 0.5) is 0 Å². The van der Waals surface area contributed by atoms with Gasteiger partial charge in [-0.1, -0.05) is 0 Å². The molecule has 0 amide bonds. The third-order valence-corrected chi connectivity index (χ3v) is 20.0. The van der Waals surface area contributed by atoms with Gasteiger partial charge >= 0.3 is 466 Å². The molecule has 1 aliphatic rings. The van der Waals surface area contributed by atoms with Crippen LogP contribution in [0, 0.1) is 0 Å². The molecule has 0 aliphatic carbocycles. The second-order valence-corrected chi connectivity index (χ2v) is 23.9. The van der Waals surface area contributed by atoms with E-state index in [1.165, 1.54) is 0 Å². The minimum absolute atomic E-state index is 0.483. The molecule has 84 heavy (non-hydrogen) atoms. The number of nitrogens with zero attached hydrogens (tertiary/aromatic N) is 1. The van der Waals surface area contributed by atoms with Gasteiger partial charge in [0, 0.05) is 0 Å². The topological polar surface area (TPSA) is 539 Å². The number of nitrogens with one attached hydrogen (secondary N) is 2. The Morgan fingerprint density at radius 3 is 0.583 bits per heavy atom. The van der Waals surface area contributed by atoms with Gasteiger partial charge in [-0.05, 0) is 0 Å². The first-order chi connectivity index (χ1) is 39.2. The van der Waals surface area contributed by atoms with Crippen molar-refractivity contribution in [1.82, 2.24) is 9.72 Å². The number of carboxylic acids is 12. The van der Waals surface area contributed by atoms with E-state index in [-0.39, 0.29) is 0 Å². The summed E-state index contributed by atoms with van der Waals surface area (Å²) in [5.74, 6) is -30.3. The summed E-state index contributed by atoms with van der Waals surface area (Å²) in [6.45, 7) is 0. The summed E-state index contributed by atoms with van der Waals surface area (Å²) in [6, 6.07) is 9.06. The molecule has 434 valence electrons. The van der Waals surface area contributed by atoms with Crippen molar-refractivity contribution in [2.24, 2.45) is 4.52 Å². The van der Waals surface area contributed by atoms with Gasteiger partial charge in [0.25, 0.3) is 0 Å². The molecule has 14 N–H and O–H groups in total. The third-order valence-electron chi connectivity index (χ3n) is 10.8. The number of benzene rings is 6. The molecule has 1 heterocycles. The summed E-state index contributed by atoms with van der Waals surface area (Å²) >= 11 is 0. The molecule has 0 bridgehead atoms. The van der Waals surface area contributed by atoms with Crippen molar-refractivity contribution in [3.63, 3.8) is 0 Å². The van der Waals surface area contributed by atoms with Crippen LogP contribution in [-0.2, 0) is 0 Å². The van der Waals surface area contributed by atoms with Gasteiger partial charge in [-0.25, -0.2) is 0 Å². The van der Waals surface area contributed by atoms with Gasteiger partial charge in [0.1, 0.15) is 0 Å². The summed E-state index contributed by atoms with van der Waals surface area (Å²) < 4.78 is 43.2. The van der Waals surface area contributed by atoms with E-state index < -0.39 is 197 Å². The molecular formula is C48H32N3O30P3. The van der Waals surface area contributed by atoms with Gasteiger partial charge in [-0.2, -0.15) is 0 Å². The van der Waals surface area contributed by atoms with E-state index in [1.54, 1.807) is 0 Å². The average Bonchev–Trinajstić information content (AvgIpc) is 3.39. The van der Waals surface area contributed by atoms with E-state index in [1.807, 2.05) is 0 Å². The normalized spacial score (nSPS) is 15.2. The molecule has 6 aromatic carbocycles. The Hall–Kier alpha value is -11.4. The fourth-order valence-electron chi connectivity index (χ4n) is 7.38. The molecule has 0 radical (unpaired) electrons. The van der Waals surface area contributed by atoms with Gasteiger partial charge < -0.3 is 0 Å². The summed E-state index contributed by atoms with van der Waals surface area (Å²) in [4.78, 5) is 157. The minimum atomic E-state index is -7.62. The quantitative estimate of drug-likeness (QED) is 0.0264. The Labute approximate surface area is 464 Å². The number of hydrogen-bond donors (Lipinski definition) is 14. The SMILES string of the molecule is O=C(O)c1cc(OP2(Oc3cc(C(=O)O)cc(C(=O)O)c3)(Oc3cc(C(=O)O)cc(C(=O)O)c3)N=PNP(Oc3cc(C(=O)O)cc(C(=O)O)c3)(Oc3cc(C(=O)O)cc(C(=O)O)c3)(Oc3cc(C(=O)O)cc(C(=O)O)c3)N2)cc(C(=O)O)c1. The molecule has 1 aliphatic heterocycles. The van der Waals surface area contributed by atoms with Crippen LogP contribution in [0.1, 0.15) is 124 Å². The fraction of sp³-hybridized carbons (Fsp3) is 0. The fourth-order valence-corrected chi connectivity index (χ4v) is 17.6. The first-order valence-electron chi connectivity index (χ1n) is 22.1. The van der Waals surface area contributed by atoms with Crippen LogP contribution in [0.15, 0.2) is 114 Å². The number of rotatable bonds is 24. The Morgan fingerprint density at radius 2 is 0.429 bits per heavy atom. The van der Waals surface area contributed by atoms with Crippen LogP contribution in [-0.4, -0.2) is 133 Å². The van der Waals surface area contributed by atoms with Crippen molar-refractivity contribution < 1.29 is 146 Å². The number of aromatic carboxylic acids is 12. The molecule has 36 heteroatoms. The maximum absolute atomic E-state index is 12.7. The molecule has 7 rings (SSSR count). The molecule has 6 aromatic rings. The van der Waals surface area contributed by atoms with E-state index in [0.717, 1.165) is 0 Å². The number of carbonyl (C=O) groups is 12. The zero-order valence-corrected chi connectivity index (χ0v) is 43.6. The van der Waals surface area contributed by atoms with Crippen LogP contribution in [0.3, 0.4) is 0 Å². The van der Waals surface area contributed by atoms with Crippen molar-refractivity contribution in [2.75, 3.05) is 0 Å². The van der Waals surface area contributed by atoms with Crippen LogP contribution in [0.25, 0.3) is 0 Å². The monoisotopic (exact) mass is 1220 g/mol. The second kappa shape index (κ2) is 22.3. The van der Waals surface area contributed by atoms with Crippen molar-refractivity contribution in [2.45, 2.75) is 0 Å². The van der Waals surface area contributed by atoms with E-state index in [4.69, 9.17) is 27.1 Å². The standard InChI is InChI=1S/C48H32N3O30P3/c52-37(53)19-1-20(38(54)55)8-31(7-19)76-83(77-32-9-21(39(56)57)2-22(10-32)40(58)59,78-33-11-23(41(60)61)3-24(12-33)42(62)63)49-82-50-84(51-83,79-34-13-25(43(64)65)4-26(14-34)44(66)67,80-35-15-27(45(68)69)5-28(16-35)46(70)71)81-36-17-29(47(72)73)6-30(18-36)48(74)75/h1-18,51H,(H,49,50)(H,52,53)(H,54,55)(H,56,57)(H,58,59)(H,60,61)(H,62,63)(H,64,65)(H,66,67)(H,68,69)(H,70,71)(H,72,73)(H,74,75). The zero-order chi connectivity index (χ0) is 62.0. The van der Waals surface area contributed by atoms with Crippen LogP contribution < -0.4 is 36.9 Å². The first-order valence-corrected chi connectivity index (χ1v) is 26.9. The van der Waals surface area contributed by atoms with Gasteiger partial charge in [0.2, 0.25) is 0 Å². The van der Waals surface area contributed by atoms with Crippen LogP contribution >= 0.6 is 23.7 Å². The summed E-state index contributed by atoms with van der Waals surface area (Å²) in [7, 11) is -16.3. The second-order valence-electron chi connectivity index (χ2n) is 16.8. The molecule has 33 nitrogen and oxygen atoms in total. The molecule has 0 saturated heterocycles. The van der Waals surface area contributed by atoms with Crippen molar-refractivity contribution in [1.29, 1.82) is 0 Å². The zero-order valence-electron chi connectivity index (χ0n) is 40.9.